The van der Waals surface area contributed by atoms with E-state index in [0.29, 0.717) is 24.6 Å². The van der Waals surface area contributed by atoms with Gasteiger partial charge in [0, 0.05) is 15.8 Å². The Bertz CT molecular complexity index is 1860. The van der Waals surface area contributed by atoms with Gasteiger partial charge in [0.05, 0.1) is 6.61 Å². The van der Waals surface area contributed by atoms with Gasteiger partial charge in [-0.15, -0.1) is 0 Å². The summed E-state index contributed by atoms with van der Waals surface area (Å²) in [6.45, 7) is 52.7. The van der Waals surface area contributed by atoms with Crippen LogP contribution in [-0.4, -0.2) is 176 Å². The van der Waals surface area contributed by atoms with Crippen LogP contribution in [0.2, 0.25) is 228 Å². The fraction of sp³-hybridized carbons (Fsp3) is 0.929. The Balaban J connectivity index is 1.80. The van der Waals surface area contributed by atoms with Gasteiger partial charge >= 0.3 is 93.0 Å². The zero-order valence-electron chi connectivity index (χ0n) is 52.3. The number of hydrogen-bond acceptors (Lipinski definition) is 16. The number of fused-ring (bicyclic) bond motifs is 2. The molecule has 34 heteroatoms. The highest BCUT2D eigenvalue weighted by Gasteiger charge is 2.56. The molecular weight excluding hydrogens is 1270 g/mol. The second-order valence-electron chi connectivity index (χ2n) is 27.1. The average Bonchev–Trinajstić information content (AvgIpc) is 3.20. The maximum Gasteiger partial charge on any atom is 0.333 e. The first-order chi connectivity index (χ1) is 34.3. The summed E-state index contributed by atoms with van der Waals surface area (Å²) in [5, 5.41) is 0. The van der Waals surface area contributed by atoms with Gasteiger partial charge in [0.25, 0.3) is 0 Å². The van der Waals surface area contributed by atoms with Gasteiger partial charge in [0.1, 0.15) is 9.76 Å². The molecule has 0 saturated carbocycles. The summed E-state index contributed by atoms with van der Waals surface area (Å²) in [6, 6.07) is 13.2. The predicted molar refractivity (Wildman–Crippen MR) is 358 cm³/mol. The standard InChI is InChI=1S/C42H112O16Si18/c1-41(2)42(43)45-25-24-31-75(22)55-71(18,51-64-30-29-62(5)48-66(8,9)34-38-73(20,52-64)56-75)32-27-60-46-69(14,15)53-67(10,11)35-39-74(21)50-63(28-26-59)49-72(19,37-33-65(6,7)44)57-76(23,58-74)40-36-68(12,13)54-70(16,17)47-61(3)4/h44,61-64H,1,24-40,60H2,2-23,59H3. The molecule has 3 heterocycles. The minimum atomic E-state index is -2.91. The van der Waals surface area contributed by atoms with Crippen molar-refractivity contribution in [2.45, 2.75) is 241 Å². The van der Waals surface area contributed by atoms with E-state index in [-0.39, 0.29) is 5.97 Å². The van der Waals surface area contributed by atoms with E-state index in [2.05, 4.69) is 131 Å². The van der Waals surface area contributed by atoms with Gasteiger partial charge in [0.2, 0.25) is 0 Å². The minimum absolute atomic E-state index is 0.291. The Kier molecular flexibility index (Phi) is 28.1. The molecule has 76 heavy (non-hydrogen) atoms. The van der Waals surface area contributed by atoms with Gasteiger partial charge in [-0.1, -0.05) is 12.6 Å². The summed E-state index contributed by atoms with van der Waals surface area (Å²) in [4.78, 5) is 23.3. The van der Waals surface area contributed by atoms with Crippen LogP contribution in [0.15, 0.2) is 12.2 Å². The fourth-order valence-corrected chi connectivity index (χ4v) is 97.2. The van der Waals surface area contributed by atoms with E-state index in [1.165, 1.54) is 0 Å². The molecule has 3 saturated heterocycles. The van der Waals surface area contributed by atoms with Gasteiger partial charge in [0.15, 0.2) is 51.4 Å². The summed E-state index contributed by atoms with van der Waals surface area (Å²) < 4.78 is 99.0. The van der Waals surface area contributed by atoms with Gasteiger partial charge in [-0.2, -0.15) is 0 Å². The Morgan fingerprint density at radius 2 is 1.20 bits per heavy atom. The molecule has 9 unspecified atom stereocenters. The van der Waals surface area contributed by atoms with Crippen LogP contribution in [0.4, 0.5) is 0 Å². The molecule has 3 rings (SSSR count). The smallest absolute Gasteiger partial charge is 0.333 e. The molecule has 0 aliphatic carbocycles. The van der Waals surface area contributed by atoms with Crippen LogP contribution in [0.1, 0.15) is 13.3 Å². The van der Waals surface area contributed by atoms with E-state index in [4.69, 9.17) is 58.2 Å². The third kappa shape index (κ3) is 27.7. The Morgan fingerprint density at radius 3 is 1.72 bits per heavy atom. The molecule has 0 aromatic carbocycles. The number of esters is 1. The molecule has 448 valence electrons. The molecule has 0 aromatic rings. The first-order valence-electron chi connectivity index (χ1n) is 28.8. The summed E-state index contributed by atoms with van der Waals surface area (Å²) in [5.41, 5.74) is 0.397. The van der Waals surface area contributed by atoms with Crippen molar-refractivity contribution in [3.63, 3.8) is 0 Å². The van der Waals surface area contributed by atoms with E-state index in [9.17, 15) is 9.59 Å². The Labute approximate surface area is 488 Å². The third-order valence-electron chi connectivity index (χ3n) is 14.0. The molecule has 16 nitrogen and oxygen atoms in total. The quantitative estimate of drug-likeness (QED) is 0.0357. The summed E-state index contributed by atoms with van der Waals surface area (Å²) in [7, 11) is -37.3. The number of ether oxygens (including phenoxy) is 1. The van der Waals surface area contributed by atoms with Crippen LogP contribution in [0.3, 0.4) is 0 Å². The molecule has 2 bridgehead atoms. The van der Waals surface area contributed by atoms with E-state index < -0.39 is 148 Å². The van der Waals surface area contributed by atoms with Crippen LogP contribution in [0.5, 0.6) is 0 Å². The molecule has 3 fully saturated rings. The lowest BCUT2D eigenvalue weighted by atomic mass is 10.4. The van der Waals surface area contributed by atoms with Crippen molar-refractivity contribution in [2.75, 3.05) is 6.61 Å². The fourth-order valence-electron chi connectivity index (χ4n) is 10.8. The number of carbonyl (C=O) groups excluding carboxylic acids is 1. The predicted octanol–water partition coefficient (Wildman–Crippen LogP) is 9.46. The molecule has 9 atom stereocenters. The molecule has 1 N–H and O–H groups in total. The van der Waals surface area contributed by atoms with Crippen molar-refractivity contribution < 1.29 is 67.8 Å². The monoisotopic (exact) mass is 1380 g/mol. The lowest BCUT2D eigenvalue weighted by Gasteiger charge is -2.48. The highest BCUT2D eigenvalue weighted by molar-refractivity contribution is 6.94. The zero-order valence-corrected chi connectivity index (χ0v) is 72.3. The van der Waals surface area contributed by atoms with Crippen LogP contribution in [0.25, 0.3) is 0 Å². The van der Waals surface area contributed by atoms with E-state index in [0.717, 1.165) is 94.9 Å². The van der Waals surface area contributed by atoms with E-state index >= 15 is 0 Å². The maximum atomic E-state index is 12.3. The molecular formula is C42H112O16Si18. The number of rotatable bonds is 27. The second-order valence-corrected chi connectivity index (χ2v) is 86.5. The van der Waals surface area contributed by atoms with Crippen molar-refractivity contribution in [2.24, 2.45) is 0 Å². The van der Waals surface area contributed by atoms with Gasteiger partial charge in [-0.3, -0.25) is 0 Å². The largest absolute Gasteiger partial charge is 0.462 e. The summed E-state index contributed by atoms with van der Waals surface area (Å²) >= 11 is 0. The number of hydrogen-bond donors (Lipinski definition) is 1. The lowest BCUT2D eigenvalue weighted by molar-refractivity contribution is -0.139. The topological polar surface area (TPSA) is 167 Å². The van der Waals surface area contributed by atoms with E-state index in [1.807, 2.05) is 13.1 Å². The molecule has 3 aliphatic heterocycles. The van der Waals surface area contributed by atoms with Gasteiger partial charge < -0.3 is 63.0 Å². The van der Waals surface area contributed by atoms with Gasteiger partial charge in [-0.05, 0) is 235 Å². The van der Waals surface area contributed by atoms with Gasteiger partial charge in [-0.25, -0.2) is 4.79 Å². The first kappa shape index (κ1) is 72.8. The molecule has 0 aromatic heterocycles. The summed E-state index contributed by atoms with van der Waals surface area (Å²) in [6.07, 6.45) is 0.640. The lowest BCUT2D eigenvalue weighted by Crippen LogP contribution is -2.64. The van der Waals surface area contributed by atoms with Crippen LogP contribution in [-0.2, 0) is 63.0 Å². The summed E-state index contributed by atoms with van der Waals surface area (Å²) in [5.74, 6) is -0.369. The molecule has 0 radical (unpaired) electrons. The SMILES string of the molecule is C=C(C)C(=O)OCCC[Si]1(C)O[Si](C)(CC[SiH2]O[Si](C)(C)O[Si](C)(C)CC[Si]2(C)O[SiH](CC[SiH3])O[Si](C)(CC[Si](C)(C)O)O[Si](C)(CC[Si](C)(C)O[Si](C)(C)O[SiH](C)C)O2)O[SiH]2CC[SiH](C)O[Si](C)(C)CC[Si](C)(O2)O1. The normalized spacial score (nSPS) is 32.9. The van der Waals surface area contributed by atoms with Crippen LogP contribution >= 0.6 is 0 Å². The zero-order chi connectivity index (χ0) is 58.1. The minimum Gasteiger partial charge on any atom is -0.462 e. The number of carbonyl (C=O) groups is 1. The molecule has 0 amide bonds. The van der Waals surface area contributed by atoms with Crippen LogP contribution < -0.4 is 0 Å². The Morgan fingerprint density at radius 1 is 0.684 bits per heavy atom. The highest BCUT2D eigenvalue weighted by atomic mass is 28.5. The molecule has 3 aliphatic rings. The van der Waals surface area contributed by atoms with Crippen molar-refractivity contribution in [1.29, 1.82) is 0 Å². The molecule has 0 spiro atoms. The average molecular weight is 1380 g/mol. The van der Waals surface area contributed by atoms with Crippen molar-refractivity contribution >= 4 is 164 Å². The Hall–Kier alpha value is 2.55. The van der Waals surface area contributed by atoms with E-state index in [1.54, 1.807) is 6.92 Å². The van der Waals surface area contributed by atoms with Crippen molar-refractivity contribution in [3.05, 3.63) is 12.2 Å². The third-order valence-corrected chi connectivity index (χ3v) is 82.0. The maximum absolute atomic E-state index is 12.3. The second kappa shape index (κ2) is 29.3. The van der Waals surface area contributed by atoms with Crippen molar-refractivity contribution in [1.82, 2.24) is 0 Å². The van der Waals surface area contributed by atoms with Crippen LogP contribution in [0, 0.1) is 0 Å². The first-order valence-corrected chi connectivity index (χ1v) is 73.8. The highest BCUT2D eigenvalue weighted by Crippen LogP contribution is 2.41. The van der Waals surface area contributed by atoms with Crippen molar-refractivity contribution in [3.8, 4) is 0 Å².